The lowest BCUT2D eigenvalue weighted by molar-refractivity contribution is 0.0326. The third-order valence-electron chi connectivity index (χ3n) is 7.91. The third-order valence-corrected chi connectivity index (χ3v) is 8.20. The van der Waals surface area contributed by atoms with E-state index in [0.717, 1.165) is 58.5 Å². The number of benzene rings is 2. The van der Waals surface area contributed by atoms with Gasteiger partial charge in [0.2, 0.25) is 0 Å². The number of nitrogens with one attached hydrogen (secondary N) is 1. The zero-order valence-electron chi connectivity index (χ0n) is 19.7. The number of carbonyl (C=O) groups is 1. The molecule has 0 aromatic heterocycles. The molecule has 0 radical (unpaired) electrons. The van der Waals surface area contributed by atoms with Crippen LogP contribution in [-0.4, -0.2) is 61.3 Å². The normalized spacial score (nSPS) is 25.9. The summed E-state index contributed by atoms with van der Waals surface area (Å²) in [5, 5.41) is 12.2. The van der Waals surface area contributed by atoms with E-state index in [4.69, 9.17) is 16.3 Å². The number of halogens is 2. The second kappa shape index (κ2) is 10.1. The zero-order valence-corrected chi connectivity index (χ0v) is 20.4. The molecule has 2 amide bonds. The van der Waals surface area contributed by atoms with E-state index in [9.17, 15) is 14.4 Å². The molecule has 1 unspecified atom stereocenters. The number of anilines is 1. The number of nitriles is 1. The van der Waals surface area contributed by atoms with Crippen molar-refractivity contribution in [1.29, 1.82) is 5.26 Å². The summed E-state index contributed by atoms with van der Waals surface area (Å²) in [6.07, 6.45) is 3.96. The van der Waals surface area contributed by atoms with E-state index in [0.29, 0.717) is 23.7 Å². The Morgan fingerprint density at radius 3 is 2.86 bits per heavy atom. The minimum atomic E-state index is -0.508. The number of amides is 2. The molecule has 1 N–H and O–H groups in total. The third kappa shape index (κ3) is 5.16. The Morgan fingerprint density at radius 2 is 2.11 bits per heavy atom. The molecule has 8 heteroatoms. The van der Waals surface area contributed by atoms with E-state index in [1.165, 1.54) is 23.8 Å². The lowest BCUT2D eigenvalue weighted by Crippen LogP contribution is -2.49. The monoisotopic (exact) mass is 496 g/mol. The van der Waals surface area contributed by atoms with E-state index >= 15 is 0 Å². The van der Waals surface area contributed by atoms with Crippen LogP contribution in [0.4, 0.5) is 14.9 Å². The summed E-state index contributed by atoms with van der Waals surface area (Å²) in [6.45, 7) is 4.59. The number of hydrogen-bond donors (Lipinski definition) is 1. The number of carbonyl (C=O) groups excluding carboxylic acids is 1. The molecule has 3 atom stereocenters. The smallest absolute Gasteiger partial charge is 0.322 e. The molecular weight excluding hydrogens is 467 g/mol. The summed E-state index contributed by atoms with van der Waals surface area (Å²) < 4.78 is 19.1. The van der Waals surface area contributed by atoms with Gasteiger partial charge in [-0.25, -0.2) is 9.18 Å². The molecule has 3 fully saturated rings. The number of fused-ring (bicyclic) bond motifs is 1. The van der Waals surface area contributed by atoms with Gasteiger partial charge in [0, 0.05) is 37.9 Å². The van der Waals surface area contributed by atoms with Crippen LogP contribution in [0.5, 0.6) is 0 Å². The van der Waals surface area contributed by atoms with Gasteiger partial charge in [-0.1, -0.05) is 23.7 Å². The molecule has 2 aromatic rings. The Labute approximate surface area is 210 Å². The molecule has 2 saturated carbocycles. The fourth-order valence-corrected chi connectivity index (χ4v) is 6.02. The molecule has 6 nitrogen and oxygen atoms in total. The molecule has 35 heavy (non-hydrogen) atoms. The van der Waals surface area contributed by atoms with E-state index in [-0.39, 0.29) is 22.5 Å². The van der Waals surface area contributed by atoms with Crippen molar-refractivity contribution in [2.45, 2.75) is 37.1 Å². The summed E-state index contributed by atoms with van der Waals surface area (Å²) in [5.41, 5.74) is 2.59. The van der Waals surface area contributed by atoms with Crippen molar-refractivity contribution in [3.63, 3.8) is 0 Å². The van der Waals surface area contributed by atoms with Crippen LogP contribution in [0.25, 0.3) is 0 Å². The van der Waals surface area contributed by atoms with Crippen LogP contribution in [-0.2, 0) is 10.2 Å². The Kier molecular flexibility index (Phi) is 6.97. The summed E-state index contributed by atoms with van der Waals surface area (Å²) >= 11 is 5.93. The highest BCUT2D eigenvalue weighted by molar-refractivity contribution is 6.31. The quantitative estimate of drug-likeness (QED) is 0.609. The predicted octanol–water partition coefficient (Wildman–Crippen LogP) is 5.03. The second-order valence-electron chi connectivity index (χ2n) is 9.88. The van der Waals surface area contributed by atoms with Crippen LogP contribution in [0.3, 0.4) is 0 Å². The maximum Gasteiger partial charge on any atom is 0.322 e. The highest BCUT2D eigenvalue weighted by Crippen LogP contribution is 2.62. The summed E-state index contributed by atoms with van der Waals surface area (Å²) in [4.78, 5) is 17.7. The molecule has 2 aliphatic carbocycles. The van der Waals surface area contributed by atoms with Crippen LogP contribution in [0.15, 0.2) is 42.5 Å². The van der Waals surface area contributed by atoms with Gasteiger partial charge in [-0.15, -0.1) is 0 Å². The van der Waals surface area contributed by atoms with Gasteiger partial charge >= 0.3 is 6.03 Å². The lowest BCUT2D eigenvalue weighted by Gasteiger charge is -2.38. The van der Waals surface area contributed by atoms with Crippen molar-refractivity contribution < 1.29 is 13.9 Å². The number of urea groups is 1. The molecule has 5 rings (SSSR count). The van der Waals surface area contributed by atoms with Crippen molar-refractivity contribution in [1.82, 2.24) is 9.80 Å². The van der Waals surface area contributed by atoms with Gasteiger partial charge in [-0.2, -0.15) is 5.26 Å². The van der Waals surface area contributed by atoms with Crippen LogP contribution in [0, 0.1) is 23.1 Å². The topological polar surface area (TPSA) is 68.6 Å². The SMILES string of the molecule is N#Cc1cccc([C@]23CC[C@@H](N(CCN4CCOCC4)C(=O)Nc4ccc(F)c(Cl)c4)CC2C3)c1. The minimum Gasteiger partial charge on any atom is -0.379 e. The molecule has 1 heterocycles. The summed E-state index contributed by atoms with van der Waals surface area (Å²) in [5.74, 6) is 0.000746. The van der Waals surface area contributed by atoms with E-state index in [1.807, 2.05) is 23.1 Å². The highest BCUT2D eigenvalue weighted by Gasteiger charge is 2.58. The Hall–Kier alpha value is -2.66. The maximum atomic E-state index is 13.6. The van der Waals surface area contributed by atoms with Crippen molar-refractivity contribution in [2.75, 3.05) is 44.7 Å². The molecule has 0 spiro atoms. The predicted molar refractivity (Wildman–Crippen MR) is 133 cm³/mol. The first-order valence-electron chi connectivity index (χ1n) is 12.3. The lowest BCUT2D eigenvalue weighted by atomic mass is 9.80. The van der Waals surface area contributed by atoms with Gasteiger partial charge in [-0.05, 0) is 72.9 Å². The van der Waals surface area contributed by atoms with Crippen molar-refractivity contribution in [2.24, 2.45) is 5.92 Å². The minimum absolute atomic E-state index is 0.0114. The Balaban J connectivity index is 1.29. The first-order valence-corrected chi connectivity index (χ1v) is 12.7. The Bertz CT molecular complexity index is 1130. The van der Waals surface area contributed by atoms with Crippen molar-refractivity contribution in [3.8, 4) is 6.07 Å². The summed E-state index contributed by atoms with van der Waals surface area (Å²) in [6, 6.07) is 14.5. The van der Waals surface area contributed by atoms with Crippen LogP contribution < -0.4 is 5.32 Å². The first-order chi connectivity index (χ1) is 17.0. The standard InChI is InChI=1S/C27H30ClFN4O2/c28-24-16-22(4-5-25(24)29)31-26(34)33(9-8-32-10-12-35-13-11-32)23-6-7-27(17-21(27)15-23)20-3-1-2-19(14-20)18-30/h1-5,14,16,21,23H,6-13,15,17H2,(H,31,34)/t21?,23-,27-/m1/s1. The second-order valence-corrected chi connectivity index (χ2v) is 10.3. The number of rotatable bonds is 6. The molecular formula is C27H30ClFN4O2. The fraction of sp³-hybridized carbons (Fsp3) is 0.481. The van der Waals surface area contributed by atoms with Gasteiger partial charge in [0.05, 0.1) is 29.9 Å². The number of nitrogens with zero attached hydrogens (tertiary/aromatic N) is 3. The van der Waals surface area contributed by atoms with Gasteiger partial charge < -0.3 is 15.0 Å². The van der Waals surface area contributed by atoms with Gasteiger partial charge in [0.25, 0.3) is 0 Å². The molecule has 1 saturated heterocycles. The largest absolute Gasteiger partial charge is 0.379 e. The van der Waals surface area contributed by atoms with Crippen molar-refractivity contribution >= 4 is 23.3 Å². The van der Waals surface area contributed by atoms with Crippen LogP contribution in [0.2, 0.25) is 5.02 Å². The highest BCUT2D eigenvalue weighted by atomic mass is 35.5. The van der Waals surface area contributed by atoms with Gasteiger partial charge in [0.15, 0.2) is 0 Å². The molecule has 1 aliphatic heterocycles. The Morgan fingerprint density at radius 1 is 1.29 bits per heavy atom. The van der Waals surface area contributed by atoms with Crippen LogP contribution >= 0.6 is 11.6 Å². The molecule has 3 aliphatic rings. The van der Waals surface area contributed by atoms with Gasteiger partial charge in [0.1, 0.15) is 5.82 Å². The van der Waals surface area contributed by atoms with E-state index < -0.39 is 5.82 Å². The average molecular weight is 497 g/mol. The summed E-state index contributed by atoms with van der Waals surface area (Å²) in [7, 11) is 0. The average Bonchev–Trinajstić information content (AvgIpc) is 3.62. The molecule has 184 valence electrons. The van der Waals surface area contributed by atoms with Gasteiger partial charge in [-0.3, -0.25) is 4.90 Å². The van der Waals surface area contributed by atoms with Crippen molar-refractivity contribution in [3.05, 3.63) is 64.4 Å². The first kappa shape index (κ1) is 24.1. The molecule has 0 bridgehead atoms. The van der Waals surface area contributed by atoms with Crippen LogP contribution in [0.1, 0.15) is 36.8 Å². The zero-order chi connectivity index (χ0) is 24.4. The number of morpholine rings is 1. The molecule has 2 aromatic carbocycles. The number of ether oxygens (including phenoxy) is 1. The van der Waals surface area contributed by atoms with E-state index in [1.54, 1.807) is 0 Å². The number of hydrogen-bond acceptors (Lipinski definition) is 4. The fourth-order valence-electron chi connectivity index (χ4n) is 5.84. The maximum absolute atomic E-state index is 13.6. The van der Waals surface area contributed by atoms with E-state index in [2.05, 4.69) is 22.4 Å².